The van der Waals surface area contributed by atoms with Gasteiger partial charge in [0, 0.05) is 0 Å². The average Bonchev–Trinajstić information content (AvgIpc) is 2.59. The molecule has 4 nitrogen and oxygen atoms in total. The zero-order valence-corrected chi connectivity index (χ0v) is 19.3. The molecule has 0 aliphatic rings. The third kappa shape index (κ3) is 20.1. The Balaban J connectivity index is 3.30. The summed E-state index contributed by atoms with van der Waals surface area (Å²) < 4.78 is 0.343. The van der Waals surface area contributed by atoms with E-state index < -0.39 is 5.97 Å². The highest BCUT2D eigenvalue weighted by Crippen LogP contribution is 2.14. The topological polar surface area (TPSA) is 57.5 Å². The van der Waals surface area contributed by atoms with Gasteiger partial charge in [0.05, 0.1) is 14.1 Å². The molecule has 168 valence electrons. The van der Waals surface area contributed by atoms with Gasteiger partial charge in [0.15, 0.2) is 6.54 Å². The molecule has 0 aliphatic heterocycles. The largest absolute Gasteiger partial charge is 0.477 e. The van der Waals surface area contributed by atoms with Crippen LogP contribution in [0.4, 0.5) is 0 Å². The van der Waals surface area contributed by atoms with E-state index in [0.29, 0.717) is 11.0 Å². The van der Waals surface area contributed by atoms with Gasteiger partial charge in [-0.2, -0.15) is 0 Å². The number of carbonyl (C=O) groups is 1. The molecule has 0 radical (unpaired) electrons. The SMILES string of the molecule is CCCCCCCCCCCCCCCCCCC(O)C[N+](C)(C)CC(=O)O. The van der Waals surface area contributed by atoms with Crippen LogP contribution in [0.15, 0.2) is 0 Å². The van der Waals surface area contributed by atoms with E-state index in [0.717, 1.165) is 12.8 Å². The first kappa shape index (κ1) is 27.4. The van der Waals surface area contributed by atoms with Gasteiger partial charge in [-0.25, -0.2) is 4.79 Å². The summed E-state index contributed by atoms with van der Waals surface area (Å²) in [7, 11) is 3.73. The molecule has 28 heavy (non-hydrogen) atoms. The minimum absolute atomic E-state index is 0.0655. The Hall–Kier alpha value is -0.610. The van der Waals surface area contributed by atoms with E-state index in [1.165, 1.54) is 96.3 Å². The number of quaternary nitrogens is 1. The van der Waals surface area contributed by atoms with Crippen LogP contribution >= 0.6 is 0 Å². The summed E-state index contributed by atoms with van der Waals surface area (Å²) in [6, 6.07) is 0. The third-order valence-electron chi connectivity index (χ3n) is 5.66. The molecule has 0 bridgehead atoms. The van der Waals surface area contributed by atoms with Gasteiger partial charge in [-0.15, -0.1) is 0 Å². The summed E-state index contributed by atoms with van der Waals surface area (Å²) in [4.78, 5) is 10.8. The molecule has 1 atom stereocenters. The van der Waals surface area contributed by atoms with E-state index in [-0.39, 0.29) is 12.6 Å². The van der Waals surface area contributed by atoms with Crippen molar-refractivity contribution in [2.45, 2.75) is 122 Å². The maximum Gasteiger partial charge on any atom is 0.359 e. The van der Waals surface area contributed by atoms with Crippen LogP contribution in [-0.2, 0) is 4.79 Å². The molecule has 0 aliphatic carbocycles. The number of aliphatic carboxylic acids is 1. The third-order valence-corrected chi connectivity index (χ3v) is 5.66. The molecule has 4 heteroatoms. The van der Waals surface area contributed by atoms with Crippen molar-refractivity contribution in [3.05, 3.63) is 0 Å². The Morgan fingerprint density at radius 3 is 1.43 bits per heavy atom. The molecule has 1 unspecified atom stereocenters. The Kier molecular flexibility index (Phi) is 18.0. The molecule has 0 spiro atoms. The molecule has 0 aromatic heterocycles. The van der Waals surface area contributed by atoms with Crippen molar-refractivity contribution < 1.29 is 19.5 Å². The van der Waals surface area contributed by atoms with Gasteiger partial charge in [-0.05, 0) is 6.42 Å². The van der Waals surface area contributed by atoms with Gasteiger partial charge >= 0.3 is 5.97 Å². The van der Waals surface area contributed by atoms with Gasteiger partial charge in [-0.3, -0.25) is 0 Å². The maximum atomic E-state index is 10.8. The van der Waals surface area contributed by atoms with Gasteiger partial charge in [0.1, 0.15) is 12.6 Å². The lowest BCUT2D eigenvalue weighted by molar-refractivity contribution is -0.886. The molecule has 0 aromatic carbocycles. The predicted molar refractivity (Wildman–Crippen MR) is 120 cm³/mol. The summed E-state index contributed by atoms with van der Waals surface area (Å²) >= 11 is 0. The minimum atomic E-state index is -0.806. The van der Waals surface area contributed by atoms with E-state index in [1.54, 1.807) is 0 Å². The van der Waals surface area contributed by atoms with Crippen LogP contribution in [0, 0.1) is 0 Å². The minimum Gasteiger partial charge on any atom is -0.477 e. The lowest BCUT2D eigenvalue weighted by Gasteiger charge is -2.30. The predicted octanol–water partition coefficient (Wildman–Crippen LogP) is 6.16. The molecule has 0 saturated heterocycles. The van der Waals surface area contributed by atoms with Crippen molar-refractivity contribution >= 4 is 5.97 Å². The molecule has 0 aromatic rings. The Morgan fingerprint density at radius 2 is 1.07 bits per heavy atom. The zero-order valence-electron chi connectivity index (χ0n) is 19.3. The number of unbranched alkanes of at least 4 members (excludes halogenated alkanes) is 15. The highest BCUT2D eigenvalue weighted by Gasteiger charge is 2.23. The monoisotopic (exact) mass is 400 g/mol. The lowest BCUT2D eigenvalue weighted by Crippen LogP contribution is -2.48. The van der Waals surface area contributed by atoms with Crippen LogP contribution in [0.5, 0.6) is 0 Å². The second-order valence-corrected chi connectivity index (χ2v) is 9.42. The average molecular weight is 401 g/mol. The van der Waals surface area contributed by atoms with E-state index in [2.05, 4.69) is 6.92 Å². The fourth-order valence-electron chi connectivity index (χ4n) is 4.02. The van der Waals surface area contributed by atoms with Gasteiger partial charge < -0.3 is 14.7 Å². The maximum absolute atomic E-state index is 10.8. The fourth-order valence-corrected chi connectivity index (χ4v) is 4.02. The number of carboxylic acids is 1. The van der Waals surface area contributed by atoms with Crippen molar-refractivity contribution in [1.82, 2.24) is 0 Å². The number of aliphatic hydroxyl groups is 1. The van der Waals surface area contributed by atoms with Crippen LogP contribution in [0.1, 0.15) is 116 Å². The van der Waals surface area contributed by atoms with Crippen LogP contribution < -0.4 is 0 Å². The van der Waals surface area contributed by atoms with Crippen LogP contribution in [0.2, 0.25) is 0 Å². The second kappa shape index (κ2) is 18.4. The quantitative estimate of drug-likeness (QED) is 0.179. The summed E-state index contributed by atoms with van der Waals surface area (Å²) in [6.07, 6.45) is 22.1. The van der Waals surface area contributed by atoms with Gasteiger partial charge in [0.25, 0.3) is 0 Å². The number of carboxylic acid groups (broad SMARTS) is 1. The summed E-state index contributed by atoms with van der Waals surface area (Å²) in [6.45, 7) is 2.86. The van der Waals surface area contributed by atoms with Crippen molar-refractivity contribution in [2.75, 3.05) is 27.2 Å². The highest BCUT2D eigenvalue weighted by molar-refractivity contribution is 5.67. The normalized spacial score (nSPS) is 13.0. The summed E-state index contributed by atoms with van der Waals surface area (Å²) in [5, 5.41) is 19.0. The lowest BCUT2D eigenvalue weighted by atomic mass is 10.0. The smallest absolute Gasteiger partial charge is 0.359 e. The molecule has 2 N–H and O–H groups in total. The highest BCUT2D eigenvalue weighted by atomic mass is 16.4. The molecular formula is C24H50NO3+. The number of rotatable bonds is 21. The van der Waals surface area contributed by atoms with Crippen molar-refractivity contribution in [3.63, 3.8) is 0 Å². The van der Waals surface area contributed by atoms with Crippen LogP contribution in [0.3, 0.4) is 0 Å². The summed E-state index contributed by atoms with van der Waals surface area (Å²) in [5.74, 6) is -0.806. The van der Waals surface area contributed by atoms with Crippen molar-refractivity contribution in [1.29, 1.82) is 0 Å². The number of hydrogen-bond acceptors (Lipinski definition) is 2. The molecule has 0 heterocycles. The number of nitrogens with zero attached hydrogens (tertiary/aromatic N) is 1. The van der Waals surface area contributed by atoms with Crippen LogP contribution in [0.25, 0.3) is 0 Å². The molecular weight excluding hydrogens is 350 g/mol. The summed E-state index contributed by atoms with van der Waals surface area (Å²) in [5.41, 5.74) is 0. The first-order valence-electron chi connectivity index (χ1n) is 12.1. The Morgan fingerprint density at radius 1 is 0.714 bits per heavy atom. The first-order chi connectivity index (χ1) is 13.4. The van der Waals surface area contributed by atoms with E-state index in [1.807, 2.05) is 14.1 Å². The van der Waals surface area contributed by atoms with Gasteiger partial charge in [0.2, 0.25) is 0 Å². The van der Waals surface area contributed by atoms with Gasteiger partial charge in [-0.1, -0.05) is 110 Å². The van der Waals surface area contributed by atoms with E-state index >= 15 is 0 Å². The fraction of sp³-hybridized carbons (Fsp3) is 0.958. The van der Waals surface area contributed by atoms with E-state index in [4.69, 9.17) is 5.11 Å². The Bertz CT molecular complexity index is 358. The number of hydrogen-bond donors (Lipinski definition) is 2. The zero-order chi connectivity index (χ0) is 21.1. The first-order valence-corrected chi connectivity index (χ1v) is 12.1. The molecule has 0 rings (SSSR count). The molecule has 0 amide bonds. The molecule has 0 fully saturated rings. The van der Waals surface area contributed by atoms with Crippen molar-refractivity contribution in [3.8, 4) is 0 Å². The Labute approximate surface area is 175 Å². The number of aliphatic hydroxyl groups excluding tert-OH is 1. The van der Waals surface area contributed by atoms with Crippen LogP contribution in [-0.4, -0.2) is 54.0 Å². The molecule has 0 saturated carbocycles. The standard InChI is InChI=1S/C24H49NO3/c1-4-5-6-7-8-9-10-11-12-13-14-15-16-17-18-19-20-23(26)21-25(2,3)22-24(27)28/h23,26H,4-22H2,1-3H3/p+1. The number of likely N-dealkylation sites (N-methyl/N-ethyl adjacent to an activating group) is 1. The van der Waals surface area contributed by atoms with Crippen molar-refractivity contribution in [2.24, 2.45) is 0 Å². The van der Waals surface area contributed by atoms with E-state index in [9.17, 15) is 9.90 Å². The second-order valence-electron chi connectivity index (χ2n) is 9.42.